The number of allylic oxidation sites excluding steroid dienone is 1. The molecule has 78 valence electrons. The van der Waals surface area contributed by atoms with Crippen LogP contribution in [0.15, 0.2) is 17.3 Å². The van der Waals surface area contributed by atoms with Crippen molar-refractivity contribution in [3.05, 3.63) is 12.2 Å². The van der Waals surface area contributed by atoms with Crippen molar-refractivity contribution in [3.63, 3.8) is 0 Å². The van der Waals surface area contributed by atoms with E-state index in [1.165, 1.54) is 32.4 Å². The van der Waals surface area contributed by atoms with E-state index < -0.39 is 0 Å². The number of hydrogen-bond acceptors (Lipinski definition) is 3. The second-order valence-electron chi connectivity index (χ2n) is 4.15. The van der Waals surface area contributed by atoms with Crippen molar-refractivity contribution < 1.29 is 5.21 Å². The minimum absolute atomic E-state index is 0.584. The highest BCUT2D eigenvalue weighted by atomic mass is 16.4. The Morgan fingerprint density at radius 3 is 2.64 bits per heavy atom. The smallest absolute Gasteiger partial charge is 0.0793 e. The summed E-state index contributed by atoms with van der Waals surface area (Å²) in [4.78, 5) is 2.55. The van der Waals surface area contributed by atoms with Gasteiger partial charge in [-0.2, -0.15) is 0 Å². The normalized spacial score (nSPS) is 32.3. The minimum atomic E-state index is 0.584. The van der Waals surface area contributed by atoms with E-state index in [9.17, 15) is 0 Å². The molecule has 0 aromatic carbocycles. The fraction of sp³-hybridized carbons (Fsp3) is 0.727. The molecule has 2 rings (SSSR count). The van der Waals surface area contributed by atoms with Gasteiger partial charge in [0.15, 0.2) is 0 Å². The number of piperidine rings is 1. The Kier molecular flexibility index (Phi) is 3.19. The molecule has 0 radical (unpaired) electrons. The average molecular weight is 194 g/mol. The van der Waals surface area contributed by atoms with E-state index in [1.54, 1.807) is 0 Å². The van der Waals surface area contributed by atoms with Crippen LogP contribution < -0.4 is 0 Å². The molecule has 1 aliphatic carbocycles. The highest BCUT2D eigenvalue weighted by molar-refractivity contribution is 5.95. The van der Waals surface area contributed by atoms with Crippen molar-refractivity contribution in [1.29, 1.82) is 0 Å². The lowest BCUT2D eigenvalue weighted by Gasteiger charge is -2.34. The van der Waals surface area contributed by atoms with E-state index in [0.29, 0.717) is 6.04 Å². The molecule has 1 atom stereocenters. The second-order valence-corrected chi connectivity index (χ2v) is 4.15. The van der Waals surface area contributed by atoms with Gasteiger partial charge in [-0.05, 0) is 44.8 Å². The number of likely N-dealkylation sites (tertiary alicyclic amines) is 1. The molecule has 0 amide bonds. The van der Waals surface area contributed by atoms with Crippen LogP contribution in [0, 0.1) is 0 Å². The Balaban J connectivity index is 1.93. The second kappa shape index (κ2) is 4.60. The SMILES string of the molecule is O/N=C1/C=CC(N2CCCCC2)CC1. The van der Waals surface area contributed by atoms with Crippen molar-refractivity contribution >= 4 is 5.71 Å². The highest BCUT2D eigenvalue weighted by Gasteiger charge is 2.20. The Morgan fingerprint density at radius 1 is 1.29 bits per heavy atom. The molecular formula is C11H18N2O. The van der Waals surface area contributed by atoms with E-state index in [0.717, 1.165) is 18.6 Å². The molecule has 1 saturated heterocycles. The number of oxime groups is 1. The summed E-state index contributed by atoms with van der Waals surface area (Å²) >= 11 is 0. The average Bonchev–Trinajstić information content (AvgIpc) is 2.30. The zero-order valence-electron chi connectivity index (χ0n) is 8.52. The van der Waals surface area contributed by atoms with Crippen LogP contribution in [0.3, 0.4) is 0 Å². The lowest BCUT2D eigenvalue weighted by Crippen LogP contribution is -2.39. The van der Waals surface area contributed by atoms with E-state index in [1.807, 2.05) is 6.08 Å². The first-order valence-electron chi connectivity index (χ1n) is 5.53. The van der Waals surface area contributed by atoms with Crippen LogP contribution >= 0.6 is 0 Å². The summed E-state index contributed by atoms with van der Waals surface area (Å²) in [6.07, 6.45) is 10.2. The molecule has 3 heteroatoms. The standard InChI is InChI=1S/C11H18N2O/c14-12-10-4-6-11(7-5-10)13-8-2-1-3-9-13/h4,6,11,14H,1-3,5,7-9H2/b12-10-. The third kappa shape index (κ3) is 2.15. The van der Waals surface area contributed by atoms with E-state index in [-0.39, 0.29) is 0 Å². The molecule has 1 heterocycles. The fourth-order valence-electron chi connectivity index (χ4n) is 2.34. The molecule has 0 aromatic heterocycles. The van der Waals surface area contributed by atoms with Gasteiger partial charge >= 0.3 is 0 Å². The van der Waals surface area contributed by atoms with Crippen LogP contribution in [0.5, 0.6) is 0 Å². The molecule has 2 aliphatic rings. The summed E-state index contributed by atoms with van der Waals surface area (Å²) in [6, 6.07) is 0.584. The summed E-state index contributed by atoms with van der Waals surface area (Å²) in [5, 5.41) is 11.8. The van der Waals surface area contributed by atoms with Crippen molar-refractivity contribution in [2.45, 2.75) is 38.1 Å². The van der Waals surface area contributed by atoms with Gasteiger partial charge in [0.1, 0.15) is 0 Å². The molecule has 1 N–H and O–H groups in total. The first kappa shape index (κ1) is 9.71. The third-order valence-corrected chi connectivity index (χ3v) is 3.20. The monoisotopic (exact) mass is 194 g/mol. The van der Waals surface area contributed by atoms with Crippen LogP contribution in [-0.4, -0.2) is 35.0 Å². The molecule has 0 aromatic rings. The Labute approximate surface area is 85.1 Å². The molecule has 0 saturated carbocycles. The van der Waals surface area contributed by atoms with Gasteiger partial charge in [-0.3, -0.25) is 4.90 Å². The predicted octanol–water partition coefficient (Wildman–Crippen LogP) is 2.02. The zero-order chi connectivity index (χ0) is 9.80. The highest BCUT2D eigenvalue weighted by Crippen LogP contribution is 2.19. The lowest BCUT2D eigenvalue weighted by atomic mass is 9.98. The van der Waals surface area contributed by atoms with Gasteiger partial charge in [0.25, 0.3) is 0 Å². The quantitative estimate of drug-likeness (QED) is 0.512. The van der Waals surface area contributed by atoms with Crippen LogP contribution in [0.1, 0.15) is 32.1 Å². The summed E-state index contributed by atoms with van der Waals surface area (Å²) in [5.41, 5.74) is 0.818. The minimum Gasteiger partial charge on any atom is -0.411 e. The maximum absolute atomic E-state index is 8.61. The third-order valence-electron chi connectivity index (χ3n) is 3.20. The van der Waals surface area contributed by atoms with Crippen LogP contribution in [-0.2, 0) is 0 Å². The topological polar surface area (TPSA) is 35.8 Å². The van der Waals surface area contributed by atoms with Crippen molar-refractivity contribution in [2.75, 3.05) is 13.1 Å². The maximum atomic E-state index is 8.61. The number of rotatable bonds is 1. The van der Waals surface area contributed by atoms with Gasteiger partial charge in [-0.1, -0.05) is 17.7 Å². The van der Waals surface area contributed by atoms with Crippen molar-refractivity contribution in [1.82, 2.24) is 4.90 Å². The molecular weight excluding hydrogens is 176 g/mol. The van der Waals surface area contributed by atoms with E-state index >= 15 is 0 Å². The Hall–Kier alpha value is -0.830. The summed E-state index contributed by atoms with van der Waals surface area (Å²) in [5.74, 6) is 0. The molecule has 3 nitrogen and oxygen atoms in total. The van der Waals surface area contributed by atoms with Gasteiger partial charge in [-0.25, -0.2) is 0 Å². The molecule has 0 bridgehead atoms. The molecule has 1 fully saturated rings. The predicted molar refractivity (Wildman–Crippen MR) is 56.8 cm³/mol. The van der Waals surface area contributed by atoms with E-state index in [4.69, 9.17) is 5.21 Å². The maximum Gasteiger partial charge on any atom is 0.0793 e. The molecule has 1 unspecified atom stereocenters. The van der Waals surface area contributed by atoms with E-state index in [2.05, 4.69) is 16.1 Å². The fourth-order valence-corrected chi connectivity index (χ4v) is 2.34. The number of hydrogen-bond donors (Lipinski definition) is 1. The molecule has 0 spiro atoms. The largest absolute Gasteiger partial charge is 0.411 e. The first-order valence-corrected chi connectivity index (χ1v) is 5.53. The van der Waals surface area contributed by atoms with Crippen molar-refractivity contribution in [3.8, 4) is 0 Å². The molecule has 1 aliphatic heterocycles. The van der Waals surface area contributed by atoms with Gasteiger partial charge in [0, 0.05) is 6.04 Å². The van der Waals surface area contributed by atoms with Gasteiger partial charge < -0.3 is 5.21 Å². The lowest BCUT2D eigenvalue weighted by molar-refractivity contribution is 0.183. The van der Waals surface area contributed by atoms with Crippen LogP contribution in [0.4, 0.5) is 0 Å². The van der Waals surface area contributed by atoms with Crippen LogP contribution in [0.25, 0.3) is 0 Å². The first-order chi connectivity index (χ1) is 6.90. The van der Waals surface area contributed by atoms with Gasteiger partial charge in [-0.15, -0.1) is 0 Å². The number of nitrogens with zero attached hydrogens (tertiary/aromatic N) is 2. The summed E-state index contributed by atoms with van der Waals surface area (Å²) in [6.45, 7) is 2.47. The Morgan fingerprint density at radius 2 is 2.07 bits per heavy atom. The van der Waals surface area contributed by atoms with Crippen LogP contribution in [0.2, 0.25) is 0 Å². The summed E-state index contributed by atoms with van der Waals surface area (Å²) < 4.78 is 0. The molecule has 14 heavy (non-hydrogen) atoms. The zero-order valence-corrected chi connectivity index (χ0v) is 8.52. The van der Waals surface area contributed by atoms with Gasteiger partial charge in [0.2, 0.25) is 0 Å². The van der Waals surface area contributed by atoms with Crippen molar-refractivity contribution in [2.24, 2.45) is 5.16 Å². The van der Waals surface area contributed by atoms with Gasteiger partial charge in [0.05, 0.1) is 5.71 Å². The summed E-state index contributed by atoms with van der Waals surface area (Å²) in [7, 11) is 0. The Bertz CT molecular complexity index is 242.